The number of hydrogen-bond donors (Lipinski definition) is 0. The second kappa shape index (κ2) is 7.85. The molecule has 0 spiro atoms. The maximum atomic E-state index is 13.3. The van der Waals surface area contributed by atoms with Gasteiger partial charge in [0, 0.05) is 31.7 Å². The van der Waals surface area contributed by atoms with Crippen molar-refractivity contribution < 1.29 is 9.13 Å². The van der Waals surface area contributed by atoms with Crippen LogP contribution in [0.4, 0.5) is 4.39 Å². The Balaban J connectivity index is 1.94. The average Bonchev–Trinajstić information content (AvgIpc) is 3.04. The molecule has 2 aromatic rings. The highest BCUT2D eigenvalue weighted by atomic mass is 32.2. The minimum absolute atomic E-state index is 0.0663. The van der Waals surface area contributed by atoms with Crippen LogP contribution in [0, 0.1) is 5.82 Å². The van der Waals surface area contributed by atoms with E-state index in [4.69, 9.17) is 4.74 Å². The molecule has 1 saturated heterocycles. The van der Waals surface area contributed by atoms with Gasteiger partial charge in [0.1, 0.15) is 5.82 Å². The summed E-state index contributed by atoms with van der Waals surface area (Å²) in [5, 5.41) is 12.2. The van der Waals surface area contributed by atoms with E-state index in [1.165, 1.54) is 12.1 Å². The molecule has 1 aromatic heterocycles. The zero-order chi connectivity index (χ0) is 16.1. The summed E-state index contributed by atoms with van der Waals surface area (Å²) < 4.78 is 20.2. The van der Waals surface area contributed by atoms with Crippen LogP contribution in [0.25, 0.3) is 0 Å². The Kier molecular flexibility index (Phi) is 5.58. The normalized spacial score (nSPS) is 17.3. The SMILES string of the molecule is COCCn1nnnc1[C@H](c1ccc(F)cc1)N1CCSCC1. The molecule has 0 amide bonds. The van der Waals surface area contributed by atoms with Crippen molar-refractivity contribution in [3.63, 3.8) is 0 Å². The molecule has 8 heteroatoms. The summed E-state index contributed by atoms with van der Waals surface area (Å²) in [5.41, 5.74) is 1.01. The van der Waals surface area contributed by atoms with Crippen molar-refractivity contribution in [3.8, 4) is 0 Å². The van der Waals surface area contributed by atoms with Crippen LogP contribution in [-0.2, 0) is 11.3 Å². The molecule has 0 N–H and O–H groups in total. The molecule has 23 heavy (non-hydrogen) atoms. The summed E-state index contributed by atoms with van der Waals surface area (Å²) in [6.07, 6.45) is 0. The van der Waals surface area contributed by atoms with Gasteiger partial charge >= 0.3 is 0 Å². The largest absolute Gasteiger partial charge is 0.383 e. The fourth-order valence-electron chi connectivity index (χ4n) is 2.75. The lowest BCUT2D eigenvalue weighted by atomic mass is 10.0. The Morgan fingerprint density at radius 3 is 2.70 bits per heavy atom. The molecule has 1 aromatic carbocycles. The molecule has 1 atom stereocenters. The quantitative estimate of drug-likeness (QED) is 0.798. The Labute approximate surface area is 139 Å². The first kappa shape index (κ1) is 16.4. The standard InChI is InChI=1S/C15H20FN5OS/c1-22-9-6-21-15(17-18-19-21)14(20-7-10-23-11-8-20)12-2-4-13(16)5-3-12/h2-5,14H,6-11H2,1H3/t14-/m0/s1. The number of hydrogen-bond acceptors (Lipinski definition) is 6. The minimum atomic E-state index is -0.235. The van der Waals surface area contributed by atoms with Gasteiger partial charge in [-0.25, -0.2) is 9.07 Å². The topological polar surface area (TPSA) is 56.1 Å². The molecule has 2 heterocycles. The molecule has 1 fully saturated rings. The molecule has 0 saturated carbocycles. The lowest BCUT2D eigenvalue weighted by molar-refractivity contribution is 0.176. The number of aromatic nitrogens is 4. The van der Waals surface area contributed by atoms with Gasteiger partial charge in [0.05, 0.1) is 19.2 Å². The van der Waals surface area contributed by atoms with Crippen molar-refractivity contribution in [3.05, 3.63) is 41.5 Å². The number of halogens is 1. The maximum Gasteiger partial charge on any atom is 0.173 e. The number of nitrogens with zero attached hydrogens (tertiary/aromatic N) is 5. The minimum Gasteiger partial charge on any atom is -0.383 e. The van der Waals surface area contributed by atoms with Gasteiger partial charge in [-0.2, -0.15) is 11.8 Å². The van der Waals surface area contributed by atoms with E-state index in [1.54, 1.807) is 11.8 Å². The van der Waals surface area contributed by atoms with Gasteiger partial charge in [0.15, 0.2) is 5.82 Å². The summed E-state index contributed by atoms with van der Waals surface area (Å²) >= 11 is 1.95. The number of thioether (sulfide) groups is 1. The van der Waals surface area contributed by atoms with Crippen LogP contribution < -0.4 is 0 Å². The zero-order valence-electron chi connectivity index (χ0n) is 13.1. The van der Waals surface area contributed by atoms with E-state index in [2.05, 4.69) is 20.4 Å². The third kappa shape index (κ3) is 3.88. The predicted molar refractivity (Wildman–Crippen MR) is 86.8 cm³/mol. The summed E-state index contributed by atoms with van der Waals surface area (Å²) in [4.78, 5) is 2.36. The fourth-order valence-corrected chi connectivity index (χ4v) is 3.68. The van der Waals surface area contributed by atoms with Crippen molar-refractivity contribution in [2.45, 2.75) is 12.6 Å². The van der Waals surface area contributed by atoms with Crippen LogP contribution in [0.2, 0.25) is 0 Å². The van der Waals surface area contributed by atoms with E-state index >= 15 is 0 Å². The van der Waals surface area contributed by atoms with Crippen molar-refractivity contribution in [2.75, 3.05) is 38.3 Å². The molecule has 1 aliphatic heterocycles. The second-order valence-electron chi connectivity index (χ2n) is 5.36. The fraction of sp³-hybridized carbons (Fsp3) is 0.533. The highest BCUT2D eigenvalue weighted by molar-refractivity contribution is 7.99. The van der Waals surface area contributed by atoms with Crippen LogP contribution in [0.3, 0.4) is 0 Å². The zero-order valence-corrected chi connectivity index (χ0v) is 13.9. The third-order valence-electron chi connectivity index (χ3n) is 3.91. The molecule has 6 nitrogen and oxygen atoms in total. The van der Waals surface area contributed by atoms with E-state index in [0.717, 1.165) is 36.0 Å². The van der Waals surface area contributed by atoms with Gasteiger partial charge in [-0.1, -0.05) is 12.1 Å². The van der Waals surface area contributed by atoms with Crippen LogP contribution in [0.5, 0.6) is 0 Å². The maximum absolute atomic E-state index is 13.3. The van der Waals surface area contributed by atoms with Crippen LogP contribution in [-0.4, -0.2) is 63.4 Å². The van der Waals surface area contributed by atoms with E-state index in [9.17, 15) is 4.39 Å². The van der Waals surface area contributed by atoms with Crippen molar-refractivity contribution in [1.29, 1.82) is 0 Å². The summed E-state index contributed by atoms with van der Waals surface area (Å²) in [6, 6.07) is 6.55. The number of ether oxygens (including phenoxy) is 1. The van der Waals surface area contributed by atoms with E-state index in [1.807, 2.05) is 23.9 Å². The molecule has 3 rings (SSSR count). The van der Waals surface area contributed by atoms with Crippen LogP contribution >= 0.6 is 11.8 Å². The smallest absolute Gasteiger partial charge is 0.173 e. The first-order valence-corrected chi connectivity index (χ1v) is 8.77. The van der Waals surface area contributed by atoms with Gasteiger partial charge in [0.25, 0.3) is 0 Å². The number of rotatable bonds is 6. The monoisotopic (exact) mass is 337 g/mol. The molecule has 0 radical (unpaired) electrons. The molecular weight excluding hydrogens is 317 g/mol. The first-order valence-electron chi connectivity index (χ1n) is 7.62. The summed E-state index contributed by atoms with van der Waals surface area (Å²) in [6.45, 7) is 3.07. The number of benzene rings is 1. The van der Waals surface area contributed by atoms with Crippen molar-refractivity contribution in [2.24, 2.45) is 0 Å². The van der Waals surface area contributed by atoms with E-state index in [-0.39, 0.29) is 11.9 Å². The van der Waals surface area contributed by atoms with Gasteiger partial charge in [-0.15, -0.1) is 5.10 Å². The third-order valence-corrected chi connectivity index (χ3v) is 4.85. The Morgan fingerprint density at radius 2 is 2.00 bits per heavy atom. The Hall–Kier alpha value is -1.51. The lowest BCUT2D eigenvalue weighted by Crippen LogP contribution is -2.38. The first-order chi connectivity index (χ1) is 11.3. The van der Waals surface area contributed by atoms with Crippen molar-refractivity contribution >= 4 is 11.8 Å². The van der Waals surface area contributed by atoms with E-state index < -0.39 is 0 Å². The highest BCUT2D eigenvalue weighted by Crippen LogP contribution is 2.29. The van der Waals surface area contributed by atoms with Gasteiger partial charge in [-0.3, -0.25) is 4.90 Å². The average molecular weight is 337 g/mol. The van der Waals surface area contributed by atoms with Gasteiger partial charge in [-0.05, 0) is 28.1 Å². The Morgan fingerprint density at radius 1 is 1.26 bits per heavy atom. The summed E-state index contributed by atoms with van der Waals surface area (Å²) in [7, 11) is 1.66. The predicted octanol–water partition coefficient (Wildman–Crippen LogP) is 1.60. The van der Waals surface area contributed by atoms with Crippen LogP contribution in [0.1, 0.15) is 17.4 Å². The number of tetrazole rings is 1. The number of methoxy groups -OCH3 is 1. The molecular formula is C15H20FN5OS. The van der Waals surface area contributed by atoms with Gasteiger partial charge in [0.2, 0.25) is 0 Å². The van der Waals surface area contributed by atoms with Gasteiger partial charge < -0.3 is 4.74 Å². The van der Waals surface area contributed by atoms with Crippen LogP contribution in [0.15, 0.2) is 24.3 Å². The summed E-state index contributed by atoms with van der Waals surface area (Å²) in [5.74, 6) is 2.70. The highest BCUT2D eigenvalue weighted by Gasteiger charge is 2.28. The van der Waals surface area contributed by atoms with E-state index in [0.29, 0.717) is 13.2 Å². The molecule has 1 aliphatic rings. The lowest BCUT2D eigenvalue weighted by Gasteiger charge is -2.33. The molecule has 0 bridgehead atoms. The van der Waals surface area contributed by atoms with Crippen molar-refractivity contribution in [1.82, 2.24) is 25.1 Å². The second-order valence-corrected chi connectivity index (χ2v) is 6.58. The molecule has 0 unspecified atom stereocenters. The molecule has 0 aliphatic carbocycles. The Bertz CT molecular complexity index is 615. The molecule has 124 valence electrons.